The number of hydrogen-bond donors (Lipinski definition) is 0. The standard InChI is InChI=1S/C21H27FN2O4/c1-3-27-20(26)21(8-10-24(11-9-21)14-15(2)25)13-16-12-19(23-28-16)17-6-4-5-7-18(17)22/h4-7,16H,3,8-14H2,1-2H3/t16-/m1/s1. The third-order valence-corrected chi connectivity index (χ3v) is 5.50. The number of ether oxygens (including phenoxy) is 1. The third-order valence-electron chi connectivity index (χ3n) is 5.50. The Morgan fingerprint density at radius 1 is 1.32 bits per heavy atom. The smallest absolute Gasteiger partial charge is 0.312 e. The van der Waals surface area contributed by atoms with Crippen molar-refractivity contribution < 1.29 is 23.6 Å². The van der Waals surface area contributed by atoms with Crippen molar-refractivity contribution in [1.82, 2.24) is 4.90 Å². The van der Waals surface area contributed by atoms with Gasteiger partial charge in [-0.05, 0) is 45.8 Å². The molecule has 6 nitrogen and oxygen atoms in total. The van der Waals surface area contributed by atoms with E-state index in [2.05, 4.69) is 10.1 Å². The van der Waals surface area contributed by atoms with Crippen molar-refractivity contribution >= 4 is 17.5 Å². The van der Waals surface area contributed by atoms with E-state index in [0.29, 0.717) is 63.2 Å². The Hall–Kier alpha value is -2.28. The summed E-state index contributed by atoms with van der Waals surface area (Å²) in [7, 11) is 0. The fourth-order valence-electron chi connectivity index (χ4n) is 4.06. The predicted molar refractivity (Wildman–Crippen MR) is 102 cm³/mol. The maximum absolute atomic E-state index is 14.0. The molecule has 0 saturated carbocycles. The molecule has 7 heteroatoms. The molecule has 2 aliphatic heterocycles. The Bertz CT molecular complexity index is 757. The number of piperidine rings is 1. The van der Waals surface area contributed by atoms with E-state index < -0.39 is 5.41 Å². The first-order valence-corrected chi connectivity index (χ1v) is 9.80. The van der Waals surface area contributed by atoms with Crippen LogP contribution in [0.4, 0.5) is 4.39 Å². The number of benzene rings is 1. The molecule has 0 radical (unpaired) electrons. The molecule has 0 spiro atoms. The lowest BCUT2D eigenvalue weighted by molar-refractivity contribution is -0.161. The fourth-order valence-corrected chi connectivity index (χ4v) is 4.06. The minimum Gasteiger partial charge on any atom is -0.466 e. The van der Waals surface area contributed by atoms with E-state index in [1.165, 1.54) is 6.07 Å². The van der Waals surface area contributed by atoms with Crippen LogP contribution in [0.5, 0.6) is 0 Å². The molecule has 3 rings (SSSR count). The number of hydrogen-bond acceptors (Lipinski definition) is 6. The van der Waals surface area contributed by atoms with Gasteiger partial charge in [-0.25, -0.2) is 4.39 Å². The highest BCUT2D eigenvalue weighted by Gasteiger charge is 2.46. The minimum atomic E-state index is -0.659. The maximum Gasteiger partial charge on any atom is 0.312 e. The fraction of sp³-hybridized carbons (Fsp3) is 0.571. The number of rotatable bonds is 7. The number of esters is 1. The first-order valence-electron chi connectivity index (χ1n) is 9.80. The molecule has 0 aliphatic carbocycles. The van der Waals surface area contributed by atoms with E-state index in [-0.39, 0.29) is 23.7 Å². The molecule has 1 atom stereocenters. The van der Waals surface area contributed by atoms with Crippen molar-refractivity contribution in [1.29, 1.82) is 0 Å². The molecule has 2 aliphatic rings. The molecular formula is C21H27FN2O4. The van der Waals surface area contributed by atoms with E-state index in [1.807, 2.05) is 0 Å². The van der Waals surface area contributed by atoms with Gasteiger partial charge in [0.15, 0.2) is 0 Å². The van der Waals surface area contributed by atoms with Gasteiger partial charge in [0.25, 0.3) is 0 Å². The number of carbonyl (C=O) groups excluding carboxylic acids is 2. The van der Waals surface area contributed by atoms with Gasteiger partial charge in [0.2, 0.25) is 0 Å². The summed E-state index contributed by atoms with van der Waals surface area (Å²) >= 11 is 0. The van der Waals surface area contributed by atoms with Crippen LogP contribution >= 0.6 is 0 Å². The van der Waals surface area contributed by atoms with E-state index in [9.17, 15) is 14.0 Å². The molecule has 0 N–H and O–H groups in total. The number of halogens is 1. The Morgan fingerprint density at radius 2 is 2.04 bits per heavy atom. The Morgan fingerprint density at radius 3 is 2.68 bits per heavy atom. The number of Topliss-reactive ketones (excluding diaryl/α,β-unsaturated/α-hetero) is 1. The first kappa shape index (κ1) is 20.5. The van der Waals surface area contributed by atoms with Crippen LogP contribution in [0.2, 0.25) is 0 Å². The van der Waals surface area contributed by atoms with Gasteiger partial charge < -0.3 is 9.57 Å². The molecule has 1 fully saturated rings. The molecule has 0 amide bonds. The minimum absolute atomic E-state index is 0.116. The van der Waals surface area contributed by atoms with Gasteiger partial charge in [-0.15, -0.1) is 0 Å². The molecular weight excluding hydrogens is 363 g/mol. The largest absolute Gasteiger partial charge is 0.466 e. The SMILES string of the molecule is CCOC(=O)C1(C[C@H]2CC(c3ccccc3F)=NO2)CCN(CC(C)=O)CC1. The van der Waals surface area contributed by atoms with Crippen LogP contribution in [-0.2, 0) is 19.2 Å². The second-order valence-corrected chi connectivity index (χ2v) is 7.63. The van der Waals surface area contributed by atoms with Gasteiger partial charge in [0.05, 0.1) is 24.3 Å². The molecule has 0 unspecified atom stereocenters. The second-order valence-electron chi connectivity index (χ2n) is 7.63. The molecule has 2 heterocycles. The maximum atomic E-state index is 14.0. The van der Waals surface area contributed by atoms with Gasteiger partial charge in [-0.1, -0.05) is 23.4 Å². The summed E-state index contributed by atoms with van der Waals surface area (Å²) in [6, 6.07) is 6.48. The zero-order chi connectivity index (χ0) is 20.1. The topological polar surface area (TPSA) is 68.2 Å². The highest BCUT2D eigenvalue weighted by Crippen LogP contribution is 2.40. The van der Waals surface area contributed by atoms with Gasteiger partial charge in [0, 0.05) is 18.4 Å². The molecule has 1 aromatic carbocycles. The van der Waals surface area contributed by atoms with Crippen LogP contribution < -0.4 is 0 Å². The van der Waals surface area contributed by atoms with Gasteiger partial charge in [0.1, 0.15) is 17.7 Å². The molecule has 28 heavy (non-hydrogen) atoms. The lowest BCUT2D eigenvalue weighted by atomic mass is 9.73. The number of carbonyl (C=O) groups is 2. The summed E-state index contributed by atoms with van der Waals surface area (Å²) in [5, 5.41) is 4.07. The van der Waals surface area contributed by atoms with Gasteiger partial charge in [-0.2, -0.15) is 0 Å². The second kappa shape index (κ2) is 8.82. The van der Waals surface area contributed by atoms with Crippen LogP contribution in [-0.4, -0.2) is 54.7 Å². The Kier molecular flexibility index (Phi) is 6.44. The zero-order valence-corrected chi connectivity index (χ0v) is 16.4. The highest BCUT2D eigenvalue weighted by molar-refractivity contribution is 6.01. The van der Waals surface area contributed by atoms with Crippen molar-refractivity contribution in [2.24, 2.45) is 10.6 Å². The van der Waals surface area contributed by atoms with Crippen molar-refractivity contribution in [3.8, 4) is 0 Å². The van der Waals surface area contributed by atoms with Crippen LogP contribution in [0.25, 0.3) is 0 Å². The average molecular weight is 390 g/mol. The van der Waals surface area contributed by atoms with Crippen molar-refractivity contribution in [3.05, 3.63) is 35.6 Å². The Labute approximate surface area is 164 Å². The molecule has 1 saturated heterocycles. The van der Waals surface area contributed by atoms with E-state index >= 15 is 0 Å². The normalized spacial score (nSPS) is 21.7. The number of oxime groups is 1. The monoisotopic (exact) mass is 390 g/mol. The molecule has 0 aromatic heterocycles. The number of ketones is 1. The van der Waals surface area contributed by atoms with Crippen LogP contribution in [0.15, 0.2) is 29.4 Å². The summed E-state index contributed by atoms with van der Waals surface area (Å²) in [6.07, 6.45) is 1.85. The summed E-state index contributed by atoms with van der Waals surface area (Å²) in [4.78, 5) is 31.8. The lowest BCUT2D eigenvalue weighted by Gasteiger charge is -2.40. The number of nitrogens with zero attached hydrogens (tertiary/aromatic N) is 2. The van der Waals surface area contributed by atoms with Crippen LogP contribution in [0, 0.1) is 11.2 Å². The molecule has 152 valence electrons. The third kappa shape index (κ3) is 4.58. The molecule has 1 aromatic rings. The summed E-state index contributed by atoms with van der Waals surface area (Å²) in [6.45, 7) is 5.40. The van der Waals surface area contributed by atoms with E-state index in [4.69, 9.17) is 9.57 Å². The van der Waals surface area contributed by atoms with Gasteiger partial charge in [-0.3, -0.25) is 14.5 Å². The zero-order valence-electron chi connectivity index (χ0n) is 16.4. The predicted octanol–water partition coefficient (Wildman–Crippen LogP) is 2.94. The highest BCUT2D eigenvalue weighted by atomic mass is 19.1. The lowest BCUT2D eigenvalue weighted by Crippen LogP contribution is -2.47. The number of likely N-dealkylation sites (tertiary alicyclic amines) is 1. The Balaban J connectivity index is 1.67. The van der Waals surface area contributed by atoms with Gasteiger partial charge >= 0.3 is 5.97 Å². The van der Waals surface area contributed by atoms with Crippen LogP contribution in [0.1, 0.15) is 45.1 Å². The summed E-state index contributed by atoms with van der Waals surface area (Å²) in [5.74, 6) is -0.436. The van der Waals surface area contributed by atoms with Crippen molar-refractivity contribution in [2.75, 3.05) is 26.2 Å². The van der Waals surface area contributed by atoms with E-state index in [1.54, 1.807) is 32.0 Å². The summed E-state index contributed by atoms with van der Waals surface area (Å²) in [5.41, 5.74) is 0.344. The van der Waals surface area contributed by atoms with Crippen molar-refractivity contribution in [2.45, 2.75) is 45.6 Å². The van der Waals surface area contributed by atoms with Crippen molar-refractivity contribution in [3.63, 3.8) is 0 Å². The summed E-state index contributed by atoms with van der Waals surface area (Å²) < 4.78 is 19.4. The quantitative estimate of drug-likeness (QED) is 0.670. The van der Waals surface area contributed by atoms with Crippen LogP contribution in [0.3, 0.4) is 0 Å². The molecule has 0 bridgehead atoms. The average Bonchev–Trinajstić information content (AvgIpc) is 3.11. The first-order chi connectivity index (χ1) is 13.4. The van der Waals surface area contributed by atoms with E-state index in [0.717, 1.165) is 0 Å².